The van der Waals surface area contributed by atoms with E-state index in [0.29, 0.717) is 38.6 Å². The van der Waals surface area contributed by atoms with Gasteiger partial charge in [0.25, 0.3) is 0 Å². The normalized spacial score (nSPS) is 23.9. The van der Waals surface area contributed by atoms with Crippen LogP contribution in [0, 0.1) is 17.2 Å². The minimum Gasteiger partial charge on any atom is -0.461 e. The zero-order chi connectivity index (χ0) is 22.3. The van der Waals surface area contributed by atoms with Crippen LogP contribution in [0.1, 0.15) is 59.3 Å². The molecule has 2 aliphatic rings. The predicted octanol–water partition coefficient (Wildman–Crippen LogP) is 3.03. The largest absolute Gasteiger partial charge is 0.461 e. The first kappa shape index (κ1) is 23.7. The number of carbonyl (C=O) groups is 3. The average molecular weight is 420 g/mol. The SMILES string of the molecule is C=CCOC(=O)C1CCC(N(CC(=O)N2CCC[C@H]2C#N)C(=O)OC(C)(C)C)CC1. The lowest BCUT2D eigenvalue weighted by Gasteiger charge is -2.37. The van der Waals surface area contributed by atoms with E-state index >= 15 is 0 Å². The third-order valence-electron chi connectivity index (χ3n) is 5.47. The van der Waals surface area contributed by atoms with Crippen molar-refractivity contribution in [1.29, 1.82) is 5.26 Å². The van der Waals surface area contributed by atoms with Crippen molar-refractivity contribution < 1.29 is 23.9 Å². The summed E-state index contributed by atoms with van der Waals surface area (Å²) in [6.07, 6.45) is 4.77. The molecule has 0 aromatic heterocycles. The minimum atomic E-state index is -0.688. The Hall–Kier alpha value is -2.56. The van der Waals surface area contributed by atoms with E-state index in [1.807, 2.05) is 0 Å². The van der Waals surface area contributed by atoms with Gasteiger partial charge in [-0.2, -0.15) is 5.26 Å². The summed E-state index contributed by atoms with van der Waals surface area (Å²) in [5.74, 6) is -0.696. The maximum absolute atomic E-state index is 12.9. The van der Waals surface area contributed by atoms with Gasteiger partial charge >= 0.3 is 12.1 Å². The van der Waals surface area contributed by atoms with Crippen LogP contribution in [0.15, 0.2) is 12.7 Å². The van der Waals surface area contributed by atoms with E-state index in [-0.39, 0.29) is 37.0 Å². The lowest BCUT2D eigenvalue weighted by atomic mass is 9.85. The molecule has 8 heteroatoms. The van der Waals surface area contributed by atoms with Crippen LogP contribution in [0.2, 0.25) is 0 Å². The summed E-state index contributed by atoms with van der Waals surface area (Å²) in [7, 11) is 0. The highest BCUT2D eigenvalue weighted by molar-refractivity contribution is 5.83. The summed E-state index contributed by atoms with van der Waals surface area (Å²) in [6.45, 7) is 9.48. The summed E-state index contributed by atoms with van der Waals surface area (Å²) in [5.41, 5.74) is -0.688. The molecule has 0 unspecified atom stereocenters. The molecule has 1 saturated carbocycles. The fourth-order valence-electron chi connectivity index (χ4n) is 3.98. The fourth-order valence-corrected chi connectivity index (χ4v) is 3.98. The fraction of sp³-hybridized carbons (Fsp3) is 0.727. The number of likely N-dealkylation sites (tertiary alicyclic amines) is 1. The van der Waals surface area contributed by atoms with Crippen molar-refractivity contribution in [3.05, 3.63) is 12.7 Å². The Morgan fingerprint density at radius 2 is 1.87 bits per heavy atom. The molecule has 1 atom stereocenters. The number of carbonyl (C=O) groups excluding carboxylic acids is 3. The number of esters is 1. The molecule has 8 nitrogen and oxygen atoms in total. The number of nitrogens with zero attached hydrogens (tertiary/aromatic N) is 3. The molecular weight excluding hydrogens is 386 g/mol. The van der Waals surface area contributed by atoms with Gasteiger partial charge < -0.3 is 14.4 Å². The Morgan fingerprint density at radius 1 is 1.20 bits per heavy atom. The van der Waals surface area contributed by atoms with E-state index in [2.05, 4.69) is 12.6 Å². The lowest BCUT2D eigenvalue weighted by molar-refractivity contribution is -0.149. The first-order valence-corrected chi connectivity index (χ1v) is 10.6. The summed E-state index contributed by atoms with van der Waals surface area (Å²) >= 11 is 0. The molecule has 2 fully saturated rings. The molecular formula is C22H33N3O5. The first-order valence-electron chi connectivity index (χ1n) is 10.6. The number of hydrogen-bond donors (Lipinski definition) is 0. The molecule has 2 amide bonds. The molecule has 1 aliphatic heterocycles. The molecule has 0 radical (unpaired) electrons. The van der Waals surface area contributed by atoms with Gasteiger partial charge in [0.2, 0.25) is 5.91 Å². The topological polar surface area (TPSA) is 99.9 Å². The number of hydrogen-bond acceptors (Lipinski definition) is 6. The van der Waals surface area contributed by atoms with E-state index < -0.39 is 17.7 Å². The molecule has 166 valence electrons. The van der Waals surface area contributed by atoms with Crippen molar-refractivity contribution in [2.45, 2.75) is 77.0 Å². The van der Waals surface area contributed by atoms with Crippen LogP contribution in [0.5, 0.6) is 0 Å². The standard InChI is InChI=1S/C22H33N3O5/c1-5-13-29-20(27)16-8-10-17(11-9-16)25(21(28)30-22(2,3)4)15-19(26)24-12-6-7-18(24)14-23/h5,16-18H,1,6-13,15H2,2-4H3/t16?,17?,18-/m0/s1. The van der Waals surface area contributed by atoms with Crippen molar-refractivity contribution in [1.82, 2.24) is 9.80 Å². The maximum Gasteiger partial charge on any atom is 0.411 e. The first-order chi connectivity index (χ1) is 14.2. The zero-order valence-corrected chi connectivity index (χ0v) is 18.3. The maximum atomic E-state index is 12.9. The number of amides is 2. The Morgan fingerprint density at radius 3 is 2.43 bits per heavy atom. The Bertz CT molecular complexity index is 686. The molecule has 0 bridgehead atoms. The van der Waals surface area contributed by atoms with Crippen LogP contribution in [0.4, 0.5) is 4.79 Å². The van der Waals surface area contributed by atoms with Crippen molar-refractivity contribution in [2.24, 2.45) is 5.92 Å². The molecule has 30 heavy (non-hydrogen) atoms. The van der Waals surface area contributed by atoms with Crippen LogP contribution in [-0.4, -0.2) is 65.2 Å². The van der Waals surface area contributed by atoms with Gasteiger partial charge in [-0.1, -0.05) is 12.7 Å². The molecule has 1 saturated heterocycles. The van der Waals surface area contributed by atoms with Gasteiger partial charge in [-0.25, -0.2) is 4.79 Å². The third-order valence-corrected chi connectivity index (χ3v) is 5.47. The average Bonchev–Trinajstić information content (AvgIpc) is 3.18. The molecule has 2 rings (SSSR count). The second-order valence-electron chi connectivity index (χ2n) is 8.91. The highest BCUT2D eigenvalue weighted by Gasteiger charge is 2.37. The molecule has 1 aliphatic carbocycles. The molecule has 0 spiro atoms. The van der Waals surface area contributed by atoms with Gasteiger partial charge in [-0.05, 0) is 59.3 Å². The summed E-state index contributed by atoms with van der Waals surface area (Å²) in [5, 5.41) is 9.27. The number of ether oxygens (including phenoxy) is 2. The number of nitriles is 1. The van der Waals surface area contributed by atoms with Crippen molar-refractivity contribution in [2.75, 3.05) is 19.7 Å². The number of rotatable bonds is 6. The zero-order valence-electron chi connectivity index (χ0n) is 18.3. The second kappa shape index (κ2) is 10.5. The Kier molecular flexibility index (Phi) is 8.27. The lowest BCUT2D eigenvalue weighted by Crippen LogP contribution is -2.51. The highest BCUT2D eigenvalue weighted by atomic mass is 16.6. The van der Waals surface area contributed by atoms with Crippen molar-refractivity contribution in [3.8, 4) is 6.07 Å². The van der Waals surface area contributed by atoms with E-state index in [9.17, 15) is 19.6 Å². The van der Waals surface area contributed by atoms with Gasteiger partial charge in [0.1, 0.15) is 24.8 Å². The van der Waals surface area contributed by atoms with Gasteiger partial charge in [0.15, 0.2) is 0 Å². The molecule has 0 N–H and O–H groups in total. The Balaban J connectivity index is 2.06. The van der Waals surface area contributed by atoms with Crippen LogP contribution < -0.4 is 0 Å². The highest BCUT2D eigenvalue weighted by Crippen LogP contribution is 2.30. The van der Waals surface area contributed by atoms with E-state index in [4.69, 9.17) is 9.47 Å². The third kappa shape index (κ3) is 6.48. The monoisotopic (exact) mass is 419 g/mol. The van der Waals surface area contributed by atoms with Gasteiger partial charge in [-0.15, -0.1) is 0 Å². The predicted molar refractivity (Wildman–Crippen MR) is 110 cm³/mol. The minimum absolute atomic E-state index is 0.122. The van der Waals surface area contributed by atoms with Crippen LogP contribution in [0.3, 0.4) is 0 Å². The van der Waals surface area contributed by atoms with Gasteiger partial charge in [0.05, 0.1) is 12.0 Å². The molecule has 0 aromatic rings. The second-order valence-corrected chi connectivity index (χ2v) is 8.91. The van der Waals surface area contributed by atoms with Gasteiger partial charge in [-0.3, -0.25) is 14.5 Å². The molecule has 1 heterocycles. The summed E-state index contributed by atoms with van der Waals surface area (Å²) in [6, 6.07) is 1.53. The summed E-state index contributed by atoms with van der Waals surface area (Å²) in [4.78, 5) is 40.9. The van der Waals surface area contributed by atoms with E-state index in [0.717, 1.165) is 6.42 Å². The smallest absolute Gasteiger partial charge is 0.411 e. The Labute approximate surface area is 178 Å². The van der Waals surface area contributed by atoms with Crippen LogP contribution in [-0.2, 0) is 19.1 Å². The van der Waals surface area contributed by atoms with E-state index in [1.54, 1.807) is 25.7 Å². The van der Waals surface area contributed by atoms with Crippen LogP contribution >= 0.6 is 0 Å². The van der Waals surface area contributed by atoms with Crippen molar-refractivity contribution in [3.63, 3.8) is 0 Å². The quantitative estimate of drug-likeness (QED) is 0.485. The van der Waals surface area contributed by atoms with Gasteiger partial charge in [0, 0.05) is 12.6 Å². The van der Waals surface area contributed by atoms with E-state index in [1.165, 1.54) is 11.0 Å². The van der Waals surface area contributed by atoms with Crippen molar-refractivity contribution >= 4 is 18.0 Å². The summed E-state index contributed by atoms with van der Waals surface area (Å²) < 4.78 is 10.7. The van der Waals surface area contributed by atoms with Crippen LogP contribution in [0.25, 0.3) is 0 Å². The molecule has 0 aromatic carbocycles.